The van der Waals surface area contributed by atoms with Gasteiger partial charge in [-0.2, -0.15) is 0 Å². The number of nitrogen functional groups attached to an aromatic ring is 1. The molecule has 3 rings (SSSR count). The van der Waals surface area contributed by atoms with Crippen LogP contribution in [0.15, 0.2) is 18.2 Å². The Morgan fingerprint density at radius 3 is 3.12 bits per heavy atom. The van der Waals surface area contributed by atoms with E-state index in [0.717, 1.165) is 25.3 Å². The zero-order valence-electron chi connectivity index (χ0n) is 10.1. The van der Waals surface area contributed by atoms with Crippen LogP contribution in [0.2, 0.25) is 0 Å². The van der Waals surface area contributed by atoms with Crippen LogP contribution < -0.4 is 11.1 Å². The molecule has 1 aromatic rings. The fraction of sp³-hybridized carbons (Fsp3) is 0.571. The summed E-state index contributed by atoms with van der Waals surface area (Å²) in [7, 11) is 0. The van der Waals surface area contributed by atoms with E-state index in [-0.39, 0.29) is 0 Å². The second-order valence-corrected chi connectivity index (χ2v) is 5.09. The number of nitrogens with two attached hydrogens (primary N) is 1. The number of aryl methyl sites for hydroxylation is 1. The van der Waals surface area contributed by atoms with E-state index >= 15 is 0 Å². The molecule has 0 aromatic heterocycles. The Kier molecular flexibility index (Phi) is 3.04. The third-order valence-electron chi connectivity index (χ3n) is 3.86. The summed E-state index contributed by atoms with van der Waals surface area (Å²) in [6, 6.07) is 6.79. The topological polar surface area (TPSA) is 47.3 Å². The summed E-state index contributed by atoms with van der Waals surface area (Å²) in [5.74, 6) is 0. The zero-order chi connectivity index (χ0) is 11.7. The number of nitrogens with one attached hydrogen (secondary N) is 1. The van der Waals surface area contributed by atoms with Gasteiger partial charge in [-0.15, -0.1) is 0 Å². The highest BCUT2D eigenvalue weighted by atomic mass is 16.5. The van der Waals surface area contributed by atoms with Gasteiger partial charge in [-0.1, -0.05) is 6.07 Å². The van der Waals surface area contributed by atoms with E-state index in [9.17, 15) is 0 Å². The van der Waals surface area contributed by atoms with Crippen molar-refractivity contribution >= 4 is 5.69 Å². The van der Waals surface area contributed by atoms with Crippen molar-refractivity contribution in [1.29, 1.82) is 0 Å². The fourth-order valence-electron chi connectivity index (χ4n) is 2.93. The maximum Gasteiger partial charge on any atom is 0.0700 e. The standard InChI is InChI=1S/C14H20N2O/c15-11-4-5-13-10(8-11)3-6-14(13)16-9-12-2-1-7-17-12/h4-5,8,12,14,16H,1-3,6-7,9,15H2. The molecule has 0 radical (unpaired) electrons. The van der Waals surface area contributed by atoms with Crippen molar-refractivity contribution in [3.8, 4) is 0 Å². The predicted octanol–water partition coefficient (Wildman–Crippen LogP) is 2.02. The predicted molar refractivity (Wildman–Crippen MR) is 68.9 cm³/mol. The lowest BCUT2D eigenvalue weighted by Gasteiger charge is -2.17. The van der Waals surface area contributed by atoms with Gasteiger partial charge in [0.25, 0.3) is 0 Å². The molecular formula is C14H20N2O. The van der Waals surface area contributed by atoms with Gasteiger partial charge in [0.05, 0.1) is 6.10 Å². The van der Waals surface area contributed by atoms with E-state index in [2.05, 4.69) is 17.4 Å². The first-order valence-corrected chi connectivity index (χ1v) is 6.56. The Morgan fingerprint density at radius 2 is 2.29 bits per heavy atom. The molecule has 3 nitrogen and oxygen atoms in total. The van der Waals surface area contributed by atoms with Gasteiger partial charge in [0.2, 0.25) is 0 Å². The second-order valence-electron chi connectivity index (χ2n) is 5.09. The molecule has 2 aliphatic rings. The molecule has 0 amide bonds. The van der Waals surface area contributed by atoms with E-state index in [1.807, 2.05) is 6.07 Å². The molecule has 1 fully saturated rings. The molecule has 3 heteroatoms. The SMILES string of the molecule is Nc1ccc2c(c1)CCC2NCC1CCCO1. The van der Waals surface area contributed by atoms with Gasteiger partial charge in [0, 0.05) is 24.9 Å². The summed E-state index contributed by atoms with van der Waals surface area (Å²) in [5, 5.41) is 3.63. The van der Waals surface area contributed by atoms with Crippen LogP contribution in [0.4, 0.5) is 5.69 Å². The van der Waals surface area contributed by atoms with Crippen molar-refractivity contribution in [2.24, 2.45) is 0 Å². The monoisotopic (exact) mass is 232 g/mol. The molecule has 2 atom stereocenters. The van der Waals surface area contributed by atoms with Crippen LogP contribution >= 0.6 is 0 Å². The van der Waals surface area contributed by atoms with E-state index in [1.165, 1.54) is 30.4 Å². The summed E-state index contributed by atoms with van der Waals surface area (Å²) >= 11 is 0. The molecule has 1 heterocycles. The molecule has 3 N–H and O–H groups in total. The molecule has 1 aromatic carbocycles. The van der Waals surface area contributed by atoms with Gasteiger partial charge in [0.1, 0.15) is 0 Å². The quantitative estimate of drug-likeness (QED) is 0.784. The number of anilines is 1. The average molecular weight is 232 g/mol. The van der Waals surface area contributed by atoms with Gasteiger partial charge < -0.3 is 15.8 Å². The van der Waals surface area contributed by atoms with Crippen LogP contribution in [0.1, 0.15) is 36.4 Å². The third kappa shape index (κ3) is 2.31. The smallest absolute Gasteiger partial charge is 0.0700 e. The van der Waals surface area contributed by atoms with Crippen LogP contribution in [-0.4, -0.2) is 19.3 Å². The summed E-state index contributed by atoms with van der Waals surface area (Å²) in [4.78, 5) is 0. The molecular weight excluding hydrogens is 212 g/mol. The minimum Gasteiger partial charge on any atom is -0.399 e. The third-order valence-corrected chi connectivity index (χ3v) is 3.86. The first-order valence-electron chi connectivity index (χ1n) is 6.56. The highest BCUT2D eigenvalue weighted by molar-refractivity contribution is 5.47. The van der Waals surface area contributed by atoms with E-state index in [4.69, 9.17) is 10.5 Å². The van der Waals surface area contributed by atoms with Gasteiger partial charge >= 0.3 is 0 Å². The van der Waals surface area contributed by atoms with Gasteiger partial charge in [-0.05, 0) is 48.9 Å². The summed E-state index contributed by atoms with van der Waals surface area (Å²) in [5.41, 5.74) is 9.53. The van der Waals surface area contributed by atoms with Crippen LogP contribution in [0.3, 0.4) is 0 Å². The number of hydrogen-bond acceptors (Lipinski definition) is 3. The van der Waals surface area contributed by atoms with Crippen LogP contribution in [0.5, 0.6) is 0 Å². The highest BCUT2D eigenvalue weighted by Gasteiger charge is 2.24. The molecule has 0 spiro atoms. The number of rotatable bonds is 3. The molecule has 17 heavy (non-hydrogen) atoms. The van der Waals surface area contributed by atoms with Crippen molar-refractivity contribution in [1.82, 2.24) is 5.32 Å². The Hall–Kier alpha value is -1.06. The molecule has 2 unspecified atom stereocenters. The lowest BCUT2D eigenvalue weighted by Crippen LogP contribution is -2.29. The Morgan fingerprint density at radius 1 is 1.35 bits per heavy atom. The lowest BCUT2D eigenvalue weighted by molar-refractivity contribution is 0.107. The zero-order valence-corrected chi connectivity index (χ0v) is 10.1. The lowest BCUT2D eigenvalue weighted by atomic mass is 10.1. The van der Waals surface area contributed by atoms with Crippen molar-refractivity contribution in [2.75, 3.05) is 18.9 Å². The molecule has 92 valence electrons. The maximum absolute atomic E-state index is 5.81. The summed E-state index contributed by atoms with van der Waals surface area (Å²) in [6.07, 6.45) is 5.17. The van der Waals surface area contributed by atoms with Crippen LogP contribution in [-0.2, 0) is 11.2 Å². The largest absolute Gasteiger partial charge is 0.399 e. The van der Waals surface area contributed by atoms with Gasteiger partial charge in [-0.3, -0.25) is 0 Å². The van der Waals surface area contributed by atoms with Gasteiger partial charge in [-0.25, -0.2) is 0 Å². The van der Waals surface area contributed by atoms with Crippen molar-refractivity contribution in [3.05, 3.63) is 29.3 Å². The maximum atomic E-state index is 5.81. The number of ether oxygens (including phenoxy) is 1. The Labute approximate surface area is 102 Å². The Bertz CT molecular complexity index is 399. The average Bonchev–Trinajstić information content (AvgIpc) is 2.94. The first-order chi connectivity index (χ1) is 8.33. The minimum absolute atomic E-state index is 0.424. The van der Waals surface area contributed by atoms with Crippen LogP contribution in [0, 0.1) is 0 Å². The minimum atomic E-state index is 0.424. The van der Waals surface area contributed by atoms with Crippen LogP contribution in [0.25, 0.3) is 0 Å². The number of fused-ring (bicyclic) bond motifs is 1. The molecule has 0 bridgehead atoms. The van der Waals surface area contributed by atoms with E-state index in [1.54, 1.807) is 0 Å². The van der Waals surface area contributed by atoms with Crippen molar-refractivity contribution < 1.29 is 4.74 Å². The molecule has 1 aliphatic heterocycles. The number of hydrogen-bond donors (Lipinski definition) is 2. The Balaban J connectivity index is 1.63. The summed E-state index contributed by atoms with van der Waals surface area (Å²) < 4.78 is 5.64. The highest BCUT2D eigenvalue weighted by Crippen LogP contribution is 2.32. The number of benzene rings is 1. The van der Waals surface area contributed by atoms with Crippen molar-refractivity contribution in [3.63, 3.8) is 0 Å². The fourth-order valence-corrected chi connectivity index (χ4v) is 2.93. The normalized spacial score (nSPS) is 27.3. The van der Waals surface area contributed by atoms with E-state index < -0.39 is 0 Å². The molecule has 0 saturated carbocycles. The summed E-state index contributed by atoms with van der Waals surface area (Å²) in [6.45, 7) is 1.92. The molecule has 1 saturated heterocycles. The molecule has 1 aliphatic carbocycles. The van der Waals surface area contributed by atoms with Gasteiger partial charge in [0.15, 0.2) is 0 Å². The van der Waals surface area contributed by atoms with Crippen molar-refractivity contribution in [2.45, 2.75) is 37.8 Å². The second kappa shape index (κ2) is 4.67. The first kappa shape index (κ1) is 11.1. The van der Waals surface area contributed by atoms with E-state index in [0.29, 0.717) is 12.1 Å².